The van der Waals surface area contributed by atoms with E-state index in [9.17, 15) is 37.4 Å². The lowest BCUT2D eigenvalue weighted by Gasteiger charge is -2.30. The third-order valence-electron chi connectivity index (χ3n) is 9.63. The van der Waals surface area contributed by atoms with Crippen molar-refractivity contribution in [2.75, 3.05) is 25.6 Å². The van der Waals surface area contributed by atoms with Gasteiger partial charge in [0.05, 0.1) is 24.3 Å². The van der Waals surface area contributed by atoms with Crippen molar-refractivity contribution in [3.05, 3.63) is 64.6 Å². The summed E-state index contributed by atoms with van der Waals surface area (Å²) in [7, 11) is 1.37. The van der Waals surface area contributed by atoms with Crippen molar-refractivity contribution in [3.63, 3.8) is 0 Å². The highest BCUT2D eigenvalue weighted by Gasteiger charge is 2.54. The van der Waals surface area contributed by atoms with Crippen molar-refractivity contribution in [3.8, 4) is 5.88 Å². The number of nitrogens with zero attached hydrogens (tertiary/aromatic N) is 2. The Morgan fingerprint density at radius 1 is 1.13 bits per heavy atom. The summed E-state index contributed by atoms with van der Waals surface area (Å²) < 4.78 is 59.3. The number of aliphatic hydroxyl groups excluding tert-OH is 2. The quantitative estimate of drug-likeness (QED) is 0.238. The molecule has 1 aromatic carbocycles. The maximum atomic E-state index is 13.9. The third-order valence-corrected chi connectivity index (χ3v) is 9.63. The number of nitrogens with one attached hydrogen (secondary N) is 2. The van der Waals surface area contributed by atoms with Crippen LogP contribution in [0, 0.1) is 35.4 Å². The molecule has 0 saturated heterocycles. The van der Waals surface area contributed by atoms with Gasteiger partial charge in [-0.15, -0.1) is 0 Å². The van der Waals surface area contributed by atoms with E-state index in [1.54, 1.807) is 6.07 Å². The number of pyridine rings is 1. The maximum absolute atomic E-state index is 13.9. The van der Waals surface area contributed by atoms with Gasteiger partial charge < -0.3 is 30.4 Å². The van der Waals surface area contributed by atoms with Crippen LogP contribution < -0.4 is 15.4 Å². The molecule has 2 heterocycles. The number of carbonyl (C=O) groups excluding carboxylic acids is 2. The molecule has 0 spiro atoms. The molecule has 2 aromatic rings. The van der Waals surface area contributed by atoms with Crippen LogP contribution in [0.1, 0.15) is 53.6 Å². The average Bonchev–Trinajstić information content (AvgIpc) is 3.79. The van der Waals surface area contributed by atoms with Crippen LogP contribution in [0.25, 0.3) is 0 Å². The number of aliphatic hydroxyl groups is 2. The topological polar surface area (TPSA) is 142 Å². The molecule has 3 fully saturated rings. The predicted octanol–water partition coefficient (Wildman–Crippen LogP) is 4.07. The van der Waals surface area contributed by atoms with Gasteiger partial charge in [0.2, 0.25) is 11.8 Å². The van der Waals surface area contributed by atoms with Crippen molar-refractivity contribution in [1.82, 2.24) is 10.3 Å². The van der Waals surface area contributed by atoms with E-state index in [1.165, 1.54) is 13.3 Å². The normalized spacial score (nSPS) is 29.0. The Balaban J connectivity index is 1.27. The molecule has 3 saturated carbocycles. The van der Waals surface area contributed by atoms with E-state index < -0.39 is 41.3 Å². The van der Waals surface area contributed by atoms with Crippen LogP contribution in [-0.2, 0) is 15.8 Å². The molecule has 0 radical (unpaired) electrons. The third kappa shape index (κ3) is 5.83. The minimum Gasteiger partial charge on any atom is -0.480 e. The number of hydrogen-bond acceptors (Lipinski definition) is 8. The first-order valence-electron chi connectivity index (χ1n) is 15.2. The first kappa shape index (κ1) is 31.9. The highest BCUT2D eigenvalue weighted by atomic mass is 19.4. The van der Waals surface area contributed by atoms with Gasteiger partial charge in [0.15, 0.2) is 0 Å². The number of halogens is 4. The summed E-state index contributed by atoms with van der Waals surface area (Å²) in [4.78, 5) is 37.5. The highest BCUT2D eigenvalue weighted by molar-refractivity contribution is 6.06. The summed E-state index contributed by atoms with van der Waals surface area (Å²) in [5.41, 5.74) is 0.447. The number of anilines is 1. The lowest BCUT2D eigenvalue weighted by Crippen LogP contribution is -2.48. The summed E-state index contributed by atoms with van der Waals surface area (Å²) >= 11 is 0. The zero-order valence-electron chi connectivity index (χ0n) is 24.9. The molecule has 4 aliphatic rings. The van der Waals surface area contributed by atoms with Crippen molar-refractivity contribution < 1.29 is 46.9 Å². The Kier molecular flexibility index (Phi) is 8.77. The van der Waals surface area contributed by atoms with Gasteiger partial charge in [0, 0.05) is 48.5 Å². The van der Waals surface area contributed by atoms with Crippen LogP contribution in [0.5, 0.6) is 5.88 Å². The smallest absolute Gasteiger partial charge is 0.419 e. The van der Waals surface area contributed by atoms with Crippen LogP contribution in [0.4, 0.5) is 23.2 Å². The lowest BCUT2D eigenvalue weighted by molar-refractivity contribution is -0.140. The Labute approximate surface area is 261 Å². The summed E-state index contributed by atoms with van der Waals surface area (Å²) in [6, 6.07) is 3.12. The van der Waals surface area contributed by atoms with Crippen molar-refractivity contribution in [1.29, 1.82) is 0 Å². The summed E-state index contributed by atoms with van der Waals surface area (Å²) in [5, 5.41) is 28.8. The number of rotatable bonds is 9. The second-order valence-electron chi connectivity index (χ2n) is 12.2. The zero-order chi connectivity index (χ0) is 32.7. The SMILES string of the molecule is COc1ncc(C2=NOC3CC(CO)CC23)cc1C(=O)N[C@H]1[C@@H](C(=O)Nc2ccc(F)c(C(F)(F)F)c2)[C@H]2CC[C@@H]1/C2=C\CCO. The largest absolute Gasteiger partial charge is 0.480 e. The Bertz CT molecular complexity index is 1580. The fourth-order valence-electron chi connectivity index (χ4n) is 7.62. The zero-order valence-corrected chi connectivity index (χ0v) is 24.9. The minimum absolute atomic E-state index is 0.0375. The van der Waals surface area contributed by atoms with Crippen molar-refractivity contribution in [2.24, 2.45) is 34.7 Å². The molecule has 246 valence electrons. The molecule has 2 bridgehead atoms. The van der Waals surface area contributed by atoms with Gasteiger partial charge in [0.1, 0.15) is 17.5 Å². The maximum Gasteiger partial charge on any atom is 0.419 e. The molecule has 10 nitrogen and oxygen atoms in total. The molecule has 46 heavy (non-hydrogen) atoms. The van der Waals surface area contributed by atoms with Crippen molar-refractivity contribution >= 4 is 23.2 Å². The number of fused-ring (bicyclic) bond motifs is 3. The van der Waals surface area contributed by atoms with Gasteiger partial charge >= 0.3 is 6.18 Å². The van der Waals surface area contributed by atoms with E-state index in [4.69, 9.17) is 9.57 Å². The monoisotopic (exact) mass is 646 g/mol. The van der Waals surface area contributed by atoms with Crippen molar-refractivity contribution in [2.45, 2.75) is 50.4 Å². The number of carbonyl (C=O) groups is 2. The van der Waals surface area contributed by atoms with E-state index in [0.717, 1.165) is 11.6 Å². The van der Waals surface area contributed by atoms with E-state index in [2.05, 4.69) is 20.8 Å². The number of oxime groups is 1. The fourth-order valence-corrected chi connectivity index (χ4v) is 7.62. The molecular weight excluding hydrogens is 612 g/mol. The highest BCUT2D eigenvalue weighted by Crippen LogP contribution is 2.53. The number of alkyl halides is 3. The first-order valence-corrected chi connectivity index (χ1v) is 15.2. The summed E-state index contributed by atoms with van der Waals surface area (Å²) in [6.07, 6.45) is 1.22. The van der Waals surface area contributed by atoms with E-state index in [1.807, 2.05) is 6.08 Å². The molecule has 4 N–H and O–H groups in total. The van der Waals surface area contributed by atoms with Gasteiger partial charge in [-0.3, -0.25) is 9.59 Å². The Morgan fingerprint density at radius 3 is 2.63 bits per heavy atom. The summed E-state index contributed by atoms with van der Waals surface area (Å²) in [6.45, 7) is -0.0768. The van der Waals surface area contributed by atoms with Crippen LogP contribution in [0.2, 0.25) is 0 Å². The number of methoxy groups -OCH3 is 1. The first-order chi connectivity index (χ1) is 22.0. The Morgan fingerprint density at radius 2 is 1.91 bits per heavy atom. The van der Waals surface area contributed by atoms with Gasteiger partial charge in [-0.05, 0) is 68.2 Å². The van der Waals surface area contributed by atoms with Gasteiger partial charge in [-0.25, -0.2) is 9.37 Å². The molecular formula is C32H34F4N4O6. The van der Waals surface area contributed by atoms with Crippen LogP contribution >= 0.6 is 0 Å². The molecule has 7 atom stereocenters. The fraction of sp³-hybridized carbons (Fsp3) is 0.500. The number of ether oxygens (including phenoxy) is 1. The molecule has 2 amide bonds. The van der Waals surface area contributed by atoms with E-state index in [0.29, 0.717) is 55.5 Å². The molecule has 14 heteroatoms. The second-order valence-corrected chi connectivity index (χ2v) is 12.2. The van der Waals surface area contributed by atoms with Crippen LogP contribution in [0.3, 0.4) is 0 Å². The standard InChI is InChI=1S/C32H34F4N4O6/c1-45-31-22(11-16(13-37-31)27-21-9-15(14-42)10-25(21)46-40-27)29(43)39-28-20-6-5-19(18(20)3-2-8-41)26(28)30(44)38-17-4-7-24(33)23(12-17)32(34,35)36/h3-4,7,11-13,15,19-21,25-26,28,41-42H,2,5-6,8-10,14H2,1H3,(H,38,44)(H,39,43)/b18-3-/t15?,19-,20+,21?,25?,26-,28+/m0/s1. The molecule has 1 aliphatic heterocycles. The molecule has 3 unspecified atom stereocenters. The predicted molar refractivity (Wildman–Crippen MR) is 156 cm³/mol. The summed E-state index contributed by atoms with van der Waals surface area (Å²) in [5.74, 6) is -4.00. The lowest BCUT2D eigenvalue weighted by atomic mass is 9.83. The van der Waals surface area contributed by atoms with Crippen LogP contribution in [0.15, 0.2) is 47.3 Å². The number of hydrogen-bond donors (Lipinski definition) is 4. The molecule has 1 aromatic heterocycles. The van der Waals surface area contributed by atoms with Crippen LogP contribution in [-0.4, -0.2) is 65.2 Å². The number of aromatic nitrogens is 1. The van der Waals surface area contributed by atoms with E-state index in [-0.39, 0.29) is 60.1 Å². The Hall–Kier alpha value is -4.04. The van der Waals surface area contributed by atoms with E-state index >= 15 is 0 Å². The second kappa shape index (κ2) is 12.6. The van der Waals surface area contributed by atoms with Gasteiger partial charge in [0.25, 0.3) is 5.91 Å². The minimum atomic E-state index is -4.95. The number of benzene rings is 1. The van der Waals surface area contributed by atoms with Gasteiger partial charge in [-0.2, -0.15) is 13.2 Å². The average molecular weight is 647 g/mol. The molecule has 6 rings (SSSR count). The molecule has 3 aliphatic carbocycles. The number of amides is 2. The van der Waals surface area contributed by atoms with Gasteiger partial charge in [-0.1, -0.05) is 16.8 Å².